The number of hydrogen-bond acceptors (Lipinski definition) is 4. The number of carbonyl (C=O) groups excluding carboxylic acids is 2. The van der Waals surface area contributed by atoms with Crippen LogP contribution in [0.2, 0.25) is 0 Å². The van der Waals surface area contributed by atoms with E-state index in [0.29, 0.717) is 23.6 Å². The summed E-state index contributed by atoms with van der Waals surface area (Å²) in [5, 5.41) is 6.00. The Bertz CT molecular complexity index is 1060. The Morgan fingerprint density at radius 1 is 0.875 bits per heavy atom. The lowest BCUT2D eigenvalue weighted by molar-refractivity contribution is -0.114. The lowest BCUT2D eigenvalue weighted by Gasteiger charge is -2.16. The van der Waals surface area contributed by atoms with E-state index in [0.717, 1.165) is 37.2 Å². The average Bonchev–Trinajstić information content (AvgIpc) is 3.37. The second-order valence-corrected chi connectivity index (χ2v) is 7.75. The van der Waals surface area contributed by atoms with Gasteiger partial charge in [-0.1, -0.05) is 48.5 Å². The minimum atomic E-state index is -0.200. The van der Waals surface area contributed by atoms with Crippen molar-refractivity contribution >= 4 is 23.2 Å². The Balaban J connectivity index is 1.32. The maximum absolute atomic E-state index is 12.6. The van der Waals surface area contributed by atoms with Gasteiger partial charge in [-0.25, -0.2) is 0 Å². The van der Waals surface area contributed by atoms with Crippen LogP contribution in [-0.4, -0.2) is 36.3 Å². The first kappa shape index (κ1) is 21.4. The third kappa shape index (κ3) is 5.66. The van der Waals surface area contributed by atoms with Crippen LogP contribution in [0.1, 0.15) is 28.8 Å². The summed E-state index contributed by atoms with van der Waals surface area (Å²) in [6.07, 6.45) is 2.09. The van der Waals surface area contributed by atoms with Crippen LogP contribution in [0.5, 0.6) is 5.75 Å². The molecule has 164 valence electrons. The van der Waals surface area contributed by atoms with Gasteiger partial charge in [0.15, 0.2) is 0 Å². The van der Waals surface area contributed by atoms with Crippen LogP contribution in [0.3, 0.4) is 0 Å². The van der Waals surface area contributed by atoms with Crippen molar-refractivity contribution in [3.05, 3.63) is 90.0 Å². The Labute approximate surface area is 188 Å². The van der Waals surface area contributed by atoms with Gasteiger partial charge in [0.2, 0.25) is 5.91 Å². The van der Waals surface area contributed by atoms with Gasteiger partial charge in [-0.2, -0.15) is 0 Å². The van der Waals surface area contributed by atoms with Crippen LogP contribution >= 0.6 is 0 Å². The molecule has 2 N–H and O–H groups in total. The fourth-order valence-electron chi connectivity index (χ4n) is 3.69. The Hall–Kier alpha value is -3.80. The van der Waals surface area contributed by atoms with Crippen LogP contribution in [0.25, 0.3) is 0 Å². The molecule has 1 aliphatic heterocycles. The van der Waals surface area contributed by atoms with Crippen LogP contribution in [0.15, 0.2) is 78.9 Å². The van der Waals surface area contributed by atoms with Crippen molar-refractivity contribution in [1.29, 1.82) is 0 Å². The highest BCUT2D eigenvalue weighted by Crippen LogP contribution is 2.24. The van der Waals surface area contributed by atoms with Crippen molar-refractivity contribution in [2.75, 3.05) is 30.3 Å². The van der Waals surface area contributed by atoms with Crippen LogP contribution < -0.4 is 15.4 Å². The van der Waals surface area contributed by atoms with E-state index in [1.165, 1.54) is 0 Å². The lowest BCUT2D eigenvalue weighted by Crippen LogP contribution is -2.27. The zero-order chi connectivity index (χ0) is 22.2. The number of likely N-dealkylation sites (tertiary alicyclic amines) is 1. The molecule has 3 aromatic carbocycles. The molecule has 1 heterocycles. The van der Waals surface area contributed by atoms with Gasteiger partial charge in [0.25, 0.3) is 5.91 Å². The molecular weight excluding hydrogens is 402 g/mol. The van der Waals surface area contributed by atoms with Crippen molar-refractivity contribution < 1.29 is 14.3 Å². The number of para-hydroxylation sites is 2. The number of hydrogen-bond donors (Lipinski definition) is 2. The minimum Gasteiger partial charge on any atom is -0.487 e. The Kier molecular flexibility index (Phi) is 7.02. The van der Waals surface area contributed by atoms with Gasteiger partial charge in [0.05, 0.1) is 12.2 Å². The van der Waals surface area contributed by atoms with E-state index < -0.39 is 0 Å². The summed E-state index contributed by atoms with van der Waals surface area (Å²) in [5.74, 6) is 0.497. The molecule has 0 aromatic heterocycles. The van der Waals surface area contributed by atoms with Gasteiger partial charge < -0.3 is 20.3 Å². The molecule has 0 bridgehead atoms. The van der Waals surface area contributed by atoms with Crippen LogP contribution in [0, 0.1) is 0 Å². The summed E-state index contributed by atoms with van der Waals surface area (Å²) in [6, 6.07) is 24.6. The highest BCUT2D eigenvalue weighted by Gasteiger charge is 2.19. The third-order valence-electron chi connectivity index (χ3n) is 5.35. The highest BCUT2D eigenvalue weighted by molar-refractivity contribution is 5.98. The molecule has 4 rings (SSSR count). The van der Waals surface area contributed by atoms with Gasteiger partial charge in [0.1, 0.15) is 12.4 Å². The lowest BCUT2D eigenvalue weighted by atomic mass is 10.1. The third-order valence-corrected chi connectivity index (χ3v) is 5.35. The summed E-state index contributed by atoms with van der Waals surface area (Å²) in [6.45, 7) is 2.12. The topological polar surface area (TPSA) is 70.7 Å². The molecule has 1 aliphatic rings. The summed E-state index contributed by atoms with van der Waals surface area (Å²) in [4.78, 5) is 26.9. The van der Waals surface area contributed by atoms with Crippen molar-refractivity contribution in [3.63, 3.8) is 0 Å². The number of nitrogens with one attached hydrogen (secondary N) is 2. The number of carbonyl (C=O) groups is 2. The quantitative estimate of drug-likeness (QED) is 0.551. The van der Waals surface area contributed by atoms with Gasteiger partial charge in [-0.3, -0.25) is 9.59 Å². The number of benzene rings is 3. The SMILES string of the molecule is O=C(CNc1ccccc1OCc1ccccc1)Nc1cccc(C(=O)N2CCCC2)c1. The van der Waals surface area contributed by atoms with Crippen molar-refractivity contribution in [2.45, 2.75) is 19.4 Å². The average molecular weight is 430 g/mol. The van der Waals surface area contributed by atoms with E-state index in [1.54, 1.807) is 24.3 Å². The molecule has 2 amide bonds. The molecule has 1 saturated heterocycles. The van der Waals surface area contributed by atoms with Crippen molar-refractivity contribution in [2.24, 2.45) is 0 Å². The molecule has 0 spiro atoms. The number of ether oxygens (including phenoxy) is 1. The maximum atomic E-state index is 12.6. The second kappa shape index (κ2) is 10.5. The number of anilines is 2. The number of nitrogens with zero attached hydrogens (tertiary/aromatic N) is 1. The largest absolute Gasteiger partial charge is 0.487 e. The first-order chi connectivity index (χ1) is 15.7. The fourth-order valence-corrected chi connectivity index (χ4v) is 3.69. The molecule has 0 radical (unpaired) electrons. The predicted octanol–water partition coefficient (Wildman–Crippen LogP) is 4.55. The molecule has 6 heteroatoms. The number of rotatable bonds is 8. The Morgan fingerprint density at radius 2 is 1.62 bits per heavy atom. The predicted molar refractivity (Wildman–Crippen MR) is 126 cm³/mol. The van der Waals surface area contributed by atoms with E-state index in [-0.39, 0.29) is 18.4 Å². The molecule has 0 atom stereocenters. The van der Waals surface area contributed by atoms with Crippen LogP contribution in [0.4, 0.5) is 11.4 Å². The minimum absolute atomic E-state index is 0.0150. The summed E-state index contributed by atoms with van der Waals surface area (Å²) >= 11 is 0. The normalized spacial score (nSPS) is 12.9. The molecule has 0 aliphatic carbocycles. The highest BCUT2D eigenvalue weighted by atomic mass is 16.5. The summed E-state index contributed by atoms with van der Waals surface area (Å²) in [7, 11) is 0. The molecule has 32 heavy (non-hydrogen) atoms. The monoisotopic (exact) mass is 429 g/mol. The smallest absolute Gasteiger partial charge is 0.253 e. The Morgan fingerprint density at radius 3 is 2.44 bits per heavy atom. The molecule has 0 saturated carbocycles. The molecule has 0 unspecified atom stereocenters. The second-order valence-electron chi connectivity index (χ2n) is 7.75. The molecule has 6 nitrogen and oxygen atoms in total. The maximum Gasteiger partial charge on any atom is 0.253 e. The summed E-state index contributed by atoms with van der Waals surface area (Å²) < 4.78 is 5.93. The van der Waals surface area contributed by atoms with E-state index in [9.17, 15) is 9.59 Å². The summed E-state index contributed by atoms with van der Waals surface area (Å²) in [5.41, 5.74) is 3.02. The first-order valence-corrected chi connectivity index (χ1v) is 10.9. The zero-order valence-electron chi connectivity index (χ0n) is 17.9. The van der Waals surface area contributed by atoms with Gasteiger partial charge in [-0.05, 0) is 48.7 Å². The van der Waals surface area contributed by atoms with E-state index >= 15 is 0 Å². The van der Waals surface area contributed by atoms with E-state index in [4.69, 9.17) is 4.74 Å². The van der Waals surface area contributed by atoms with Gasteiger partial charge in [0, 0.05) is 24.3 Å². The van der Waals surface area contributed by atoms with Crippen molar-refractivity contribution in [3.8, 4) is 5.75 Å². The van der Waals surface area contributed by atoms with E-state index in [2.05, 4.69) is 10.6 Å². The van der Waals surface area contributed by atoms with Crippen molar-refractivity contribution in [1.82, 2.24) is 4.90 Å². The molecule has 3 aromatic rings. The standard InChI is InChI=1S/C26H27N3O3/c30-25(28-22-12-8-11-21(17-22)26(31)29-15-6-7-16-29)18-27-23-13-4-5-14-24(23)32-19-20-9-2-1-3-10-20/h1-5,8-14,17,27H,6-7,15-16,18-19H2,(H,28,30). The molecular formula is C26H27N3O3. The van der Waals surface area contributed by atoms with Gasteiger partial charge in [-0.15, -0.1) is 0 Å². The number of amides is 2. The molecule has 1 fully saturated rings. The zero-order valence-corrected chi connectivity index (χ0v) is 17.9. The first-order valence-electron chi connectivity index (χ1n) is 10.9. The van der Waals surface area contributed by atoms with E-state index in [1.807, 2.05) is 59.5 Å². The van der Waals surface area contributed by atoms with Crippen LogP contribution in [-0.2, 0) is 11.4 Å². The van der Waals surface area contributed by atoms with Gasteiger partial charge >= 0.3 is 0 Å². The fraction of sp³-hybridized carbons (Fsp3) is 0.231.